The van der Waals surface area contributed by atoms with Crippen LogP contribution in [-0.4, -0.2) is 38.0 Å². The van der Waals surface area contributed by atoms with E-state index in [2.05, 4.69) is 41.1 Å². The van der Waals surface area contributed by atoms with Crippen molar-refractivity contribution in [1.29, 1.82) is 0 Å². The average molecular weight is 467 g/mol. The molecule has 2 aliphatic heterocycles. The molecule has 3 heterocycles. The van der Waals surface area contributed by atoms with Gasteiger partial charge >= 0.3 is 0 Å². The molecular weight excluding hydrogens is 440 g/mol. The smallest absolute Gasteiger partial charge is 0.165 e. The monoisotopic (exact) mass is 466 g/mol. The van der Waals surface area contributed by atoms with Gasteiger partial charge in [0.1, 0.15) is 10.6 Å². The van der Waals surface area contributed by atoms with Crippen LogP contribution in [0.4, 0.5) is 0 Å². The van der Waals surface area contributed by atoms with Gasteiger partial charge in [0.2, 0.25) is 0 Å². The molecule has 1 aromatic heterocycles. The number of amidine groups is 1. The Labute approximate surface area is 192 Å². The molecule has 0 amide bonds. The van der Waals surface area contributed by atoms with Crippen molar-refractivity contribution in [3.05, 3.63) is 47.0 Å². The fourth-order valence-electron chi connectivity index (χ4n) is 4.46. The van der Waals surface area contributed by atoms with E-state index in [-0.39, 0.29) is 11.6 Å². The van der Waals surface area contributed by atoms with E-state index in [0.717, 1.165) is 39.8 Å². The molecule has 0 saturated carbocycles. The predicted octanol–water partition coefficient (Wildman–Crippen LogP) is 4.32. The molecule has 0 radical (unpaired) electrons. The second-order valence-corrected chi connectivity index (χ2v) is 13.0. The van der Waals surface area contributed by atoms with Crippen LogP contribution in [0.3, 0.4) is 0 Å². The number of hydrogen-bond donors (Lipinski definition) is 1. The lowest BCUT2D eigenvalue weighted by Crippen LogP contribution is -2.54. The van der Waals surface area contributed by atoms with Gasteiger partial charge in [0.25, 0.3) is 0 Å². The minimum atomic E-state index is -3.46. The zero-order valence-electron chi connectivity index (χ0n) is 18.7. The Hall–Kier alpha value is -2.40. The minimum absolute atomic E-state index is 0.0698. The number of fused-ring (bicyclic) bond motifs is 3. The maximum Gasteiger partial charge on any atom is 0.165 e. The third kappa shape index (κ3) is 3.08. The molecule has 2 N–H and O–H groups in total. The minimum Gasteiger partial charge on any atom is -0.386 e. The number of nitrogens with zero attached hydrogens (tertiary/aromatic N) is 1. The van der Waals surface area contributed by atoms with Crippen LogP contribution in [-0.2, 0) is 20.1 Å². The number of nitrogens with two attached hydrogens (primary N) is 1. The van der Waals surface area contributed by atoms with Crippen molar-refractivity contribution in [3.8, 4) is 11.8 Å². The van der Waals surface area contributed by atoms with Gasteiger partial charge in [-0.2, -0.15) is 0 Å². The van der Waals surface area contributed by atoms with Gasteiger partial charge in [0, 0.05) is 31.7 Å². The summed E-state index contributed by atoms with van der Waals surface area (Å²) in [6, 6.07) is 10.5. The quantitative estimate of drug-likeness (QED) is 0.571. The van der Waals surface area contributed by atoms with Crippen LogP contribution in [0.2, 0.25) is 0 Å². The first-order valence-corrected chi connectivity index (χ1v) is 13.1. The Balaban J connectivity index is 1.70. The lowest BCUT2D eigenvalue weighted by Gasteiger charge is -2.37. The number of rotatable bonds is 2. The van der Waals surface area contributed by atoms with Gasteiger partial charge in [-0.25, -0.2) is 8.42 Å². The molecule has 0 bridgehead atoms. The third-order valence-corrected chi connectivity index (χ3v) is 10.7. The van der Waals surface area contributed by atoms with E-state index >= 15 is 0 Å². The second kappa shape index (κ2) is 7.05. The molecule has 32 heavy (non-hydrogen) atoms. The molecule has 7 heteroatoms. The molecule has 0 spiro atoms. The molecule has 2 aliphatic rings. The SMILES string of the molecule is CC#Cc1cc2c(cc1C1COC1)sc1ccc([C@]3(C)CS(=O)(=O)C(C)(C)C(N)=N3)cc12. The Morgan fingerprint density at radius 2 is 1.84 bits per heavy atom. The van der Waals surface area contributed by atoms with Crippen molar-refractivity contribution in [2.45, 2.75) is 43.9 Å². The van der Waals surface area contributed by atoms with Crippen LogP contribution in [0.25, 0.3) is 20.2 Å². The van der Waals surface area contributed by atoms with Gasteiger partial charge in [-0.1, -0.05) is 12.0 Å². The van der Waals surface area contributed by atoms with Crippen LogP contribution in [0.5, 0.6) is 0 Å². The Morgan fingerprint density at radius 1 is 1.12 bits per heavy atom. The Kier molecular flexibility index (Phi) is 4.72. The number of benzene rings is 2. The average Bonchev–Trinajstić information content (AvgIpc) is 3.02. The normalized spacial score (nSPS) is 24.6. The summed E-state index contributed by atoms with van der Waals surface area (Å²) in [6.07, 6.45) is 0. The zero-order chi connectivity index (χ0) is 22.9. The molecule has 3 aromatic rings. The molecule has 1 saturated heterocycles. The van der Waals surface area contributed by atoms with E-state index in [1.165, 1.54) is 10.3 Å². The summed E-state index contributed by atoms with van der Waals surface area (Å²) in [7, 11) is -3.46. The number of sulfone groups is 1. The maximum atomic E-state index is 13.0. The van der Waals surface area contributed by atoms with Crippen molar-refractivity contribution in [2.75, 3.05) is 19.0 Å². The lowest BCUT2D eigenvalue weighted by molar-refractivity contribution is 0.00838. The van der Waals surface area contributed by atoms with E-state index in [4.69, 9.17) is 10.5 Å². The van der Waals surface area contributed by atoms with Crippen LogP contribution in [0, 0.1) is 11.8 Å². The maximum absolute atomic E-state index is 13.0. The first kappa shape index (κ1) is 21.4. The summed E-state index contributed by atoms with van der Waals surface area (Å²) in [5.41, 5.74) is 8.36. The van der Waals surface area contributed by atoms with Gasteiger partial charge < -0.3 is 10.5 Å². The highest BCUT2D eigenvalue weighted by Gasteiger charge is 2.48. The molecule has 5 nitrogen and oxygen atoms in total. The Morgan fingerprint density at radius 3 is 2.47 bits per heavy atom. The summed E-state index contributed by atoms with van der Waals surface area (Å²) in [6.45, 7) is 8.42. The van der Waals surface area contributed by atoms with Crippen molar-refractivity contribution >= 4 is 47.2 Å². The van der Waals surface area contributed by atoms with Crippen molar-refractivity contribution < 1.29 is 13.2 Å². The van der Waals surface area contributed by atoms with Crippen LogP contribution < -0.4 is 5.73 Å². The largest absolute Gasteiger partial charge is 0.386 e. The highest BCUT2D eigenvalue weighted by Crippen LogP contribution is 2.42. The summed E-state index contributed by atoms with van der Waals surface area (Å²) in [4.78, 5) is 4.69. The number of hydrogen-bond acceptors (Lipinski definition) is 6. The van der Waals surface area contributed by atoms with E-state index in [1.807, 2.05) is 19.9 Å². The zero-order valence-corrected chi connectivity index (χ0v) is 20.3. The molecule has 0 unspecified atom stereocenters. The molecule has 0 aliphatic carbocycles. The summed E-state index contributed by atoms with van der Waals surface area (Å²) in [5, 5.41) is 2.23. The van der Waals surface area contributed by atoms with Gasteiger partial charge in [-0.3, -0.25) is 4.99 Å². The molecule has 1 fully saturated rings. The molecule has 2 aromatic carbocycles. The topological polar surface area (TPSA) is 81.8 Å². The van der Waals surface area contributed by atoms with E-state index < -0.39 is 20.1 Å². The van der Waals surface area contributed by atoms with E-state index in [1.54, 1.807) is 25.2 Å². The van der Waals surface area contributed by atoms with Crippen LogP contribution in [0.15, 0.2) is 35.3 Å². The summed E-state index contributed by atoms with van der Waals surface area (Å²) >= 11 is 1.74. The Bertz CT molecular complexity index is 1470. The first-order valence-electron chi connectivity index (χ1n) is 10.6. The lowest BCUT2D eigenvalue weighted by atomic mass is 9.90. The summed E-state index contributed by atoms with van der Waals surface area (Å²) < 4.78 is 32.6. The van der Waals surface area contributed by atoms with Crippen LogP contribution >= 0.6 is 11.3 Å². The van der Waals surface area contributed by atoms with Crippen molar-refractivity contribution in [2.24, 2.45) is 10.7 Å². The fraction of sp³-hybridized carbons (Fsp3) is 0.400. The highest BCUT2D eigenvalue weighted by atomic mass is 32.2. The van der Waals surface area contributed by atoms with Gasteiger partial charge in [0.05, 0.1) is 24.5 Å². The molecule has 5 rings (SSSR count). The predicted molar refractivity (Wildman–Crippen MR) is 132 cm³/mol. The van der Waals surface area contributed by atoms with Gasteiger partial charge in [-0.15, -0.1) is 17.3 Å². The van der Waals surface area contributed by atoms with E-state index in [9.17, 15) is 8.42 Å². The van der Waals surface area contributed by atoms with Gasteiger partial charge in [0.15, 0.2) is 9.84 Å². The molecular formula is C25H26N2O3S2. The number of aliphatic imine (C=N–C) groups is 1. The van der Waals surface area contributed by atoms with Gasteiger partial charge in [-0.05, 0) is 63.1 Å². The second-order valence-electron chi connectivity index (χ2n) is 9.40. The molecule has 1 atom stereocenters. The van der Waals surface area contributed by atoms with E-state index in [0.29, 0.717) is 5.92 Å². The summed E-state index contributed by atoms with van der Waals surface area (Å²) in [5.74, 6) is 6.78. The van der Waals surface area contributed by atoms with Crippen molar-refractivity contribution in [1.82, 2.24) is 0 Å². The number of thiophene rings is 1. The third-order valence-electron chi connectivity index (χ3n) is 6.83. The first-order chi connectivity index (χ1) is 15.1. The number of ether oxygens (including phenoxy) is 1. The standard InChI is InChI=1S/C25H26N2O3S2/c1-5-6-15-9-19-20-10-17(25(4)14-32(28,29)24(2,3)23(26)27-25)7-8-21(20)31-22(19)11-18(15)16-12-30-13-16/h7-11,16H,12-14H2,1-4H3,(H2,26,27)/t25-/m0/s1. The fourth-order valence-corrected chi connectivity index (χ4v) is 7.27. The highest BCUT2D eigenvalue weighted by molar-refractivity contribution is 7.93. The van der Waals surface area contributed by atoms with Crippen molar-refractivity contribution in [3.63, 3.8) is 0 Å². The molecule has 166 valence electrons. The van der Waals surface area contributed by atoms with Crippen LogP contribution in [0.1, 0.15) is 50.3 Å².